The van der Waals surface area contributed by atoms with Gasteiger partial charge in [-0.25, -0.2) is 4.98 Å². The first-order valence-corrected chi connectivity index (χ1v) is 4.16. The Morgan fingerprint density at radius 1 is 1.36 bits per heavy atom. The van der Waals surface area contributed by atoms with Crippen molar-refractivity contribution in [3.05, 3.63) is 24.8 Å². The third-order valence-corrected chi connectivity index (χ3v) is 2.21. The van der Waals surface area contributed by atoms with Crippen LogP contribution in [0.1, 0.15) is 0 Å². The Labute approximate surface area is 78.6 Å². The van der Waals surface area contributed by atoms with Crippen molar-refractivity contribution in [1.29, 1.82) is 0 Å². The Balaban J connectivity index is 2.65. The van der Waals surface area contributed by atoms with Gasteiger partial charge in [-0.1, -0.05) is 4.63 Å². The molecule has 0 unspecified atom stereocenters. The van der Waals surface area contributed by atoms with E-state index in [0.29, 0.717) is 0 Å². The van der Waals surface area contributed by atoms with Crippen LogP contribution in [0.4, 0.5) is 0 Å². The smallest absolute Gasteiger partial charge is 0.346 e. The molecule has 0 bridgehead atoms. The molecule has 0 spiro atoms. The Bertz CT molecular complexity index is 623. The van der Waals surface area contributed by atoms with Crippen LogP contribution in [-0.2, 0) is 7.05 Å². The van der Waals surface area contributed by atoms with Gasteiger partial charge in [0.2, 0.25) is 0 Å². The molecular weight excluding hydrogens is 182 g/mol. The van der Waals surface area contributed by atoms with E-state index in [1.807, 2.05) is 11.7 Å². The summed E-state index contributed by atoms with van der Waals surface area (Å²) in [7, 11) is 1.86. The van der Waals surface area contributed by atoms with Crippen molar-refractivity contribution < 1.29 is 9.62 Å². The van der Waals surface area contributed by atoms with Gasteiger partial charge in [-0.15, -0.1) is 9.50 Å². The maximum absolute atomic E-state index is 9.33. The molecule has 6 nitrogen and oxygen atoms in total. The van der Waals surface area contributed by atoms with Crippen molar-refractivity contribution >= 4 is 11.3 Å². The molecule has 3 heterocycles. The minimum atomic E-state index is 0.202. The highest BCUT2D eigenvalue weighted by molar-refractivity contribution is 5.59. The van der Waals surface area contributed by atoms with E-state index in [-0.39, 0.29) is 5.75 Å². The van der Waals surface area contributed by atoms with Gasteiger partial charge in [0.05, 0.1) is 13.2 Å². The number of rotatable bonds is 0. The zero-order chi connectivity index (χ0) is 9.71. The average Bonchev–Trinajstić information content (AvgIpc) is 2.68. The van der Waals surface area contributed by atoms with Crippen LogP contribution < -0.4 is 4.52 Å². The number of nitrogens with zero attached hydrogens (tertiary/aromatic N) is 5. The largest absolute Gasteiger partial charge is 0.504 e. The van der Waals surface area contributed by atoms with Crippen molar-refractivity contribution in [2.45, 2.75) is 0 Å². The second-order valence-electron chi connectivity index (χ2n) is 3.08. The Hall–Kier alpha value is -2.11. The summed E-state index contributed by atoms with van der Waals surface area (Å²) in [4.78, 5) is 8.39. The maximum atomic E-state index is 9.33. The summed E-state index contributed by atoms with van der Waals surface area (Å²) in [6.45, 7) is 0. The lowest BCUT2D eigenvalue weighted by molar-refractivity contribution is -0.597. The fourth-order valence-corrected chi connectivity index (χ4v) is 1.60. The van der Waals surface area contributed by atoms with Crippen molar-refractivity contribution in [2.75, 3.05) is 0 Å². The Morgan fingerprint density at radius 2 is 2.14 bits per heavy atom. The fourth-order valence-electron chi connectivity index (χ4n) is 1.60. The molecule has 0 aliphatic rings. The van der Waals surface area contributed by atoms with Gasteiger partial charge < -0.3 is 5.11 Å². The van der Waals surface area contributed by atoms with E-state index in [1.165, 1.54) is 0 Å². The molecule has 3 aromatic heterocycles. The third-order valence-electron chi connectivity index (χ3n) is 2.21. The summed E-state index contributed by atoms with van der Waals surface area (Å²) < 4.78 is 5.28. The van der Waals surface area contributed by atoms with Crippen LogP contribution in [0.5, 0.6) is 5.75 Å². The lowest BCUT2D eigenvalue weighted by atomic mass is 10.6. The first kappa shape index (κ1) is 7.31. The average molecular weight is 190 g/mol. The van der Waals surface area contributed by atoms with Gasteiger partial charge in [-0.3, -0.25) is 0 Å². The Kier molecular flexibility index (Phi) is 1.16. The molecule has 6 heteroatoms. The van der Waals surface area contributed by atoms with Crippen molar-refractivity contribution in [2.24, 2.45) is 7.05 Å². The number of aryl methyl sites for hydroxylation is 1. The topological polar surface area (TPSA) is 59.5 Å². The number of hydrogen-bond acceptors (Lipinski definition) is 3. The highest BCUT2D eigenvalue weighted by atomic mass is 16.3. The third kappa shape index (κ3) is 0.723. The highest BCUT2D eigenvalue weighted by Gasteiger charge is 2.17. The number of hydrogen-bond donors (Lipinski definition) is 1. The van der Waals surface area contributed by atoms with Crippen LogP contribution in [0.15, 0.2) is 24.8 Å². The van der Waals surface area contributed by atoms with Crippen LogP contribution in [0.3, 0.4) is 0 Å². The van der Waals surface area contributed by atoms with Crippen LogP contribution in [0, 0.1) is 0 Å². The molecule has 0 aliphatic heterocycles. The minimum absolute atomic E-state index is 0.202. The van der Waals surface area contributed by atoms with Crippen LogP contribution in [0.25, 0.3) is 11.3 Å². The molecule has 0 aromatic carbocycles. The molecule has 0 saturated carbocycles. The molecule has 0 saturated heterocycles. The van der Waals surface area contributed by atoms with E-state index >= 15 is 0 Å². The number of aromatic hydroxyl groups is 1. The SMILES string of the molecule is Cn1c2nccnc2[n+]2cc(O)cn12. The molecule has 70 valence electrons. The Morgan fingerprint density at radius 3 is 3.00 bits per heavy atom. The molecule has 0 amide bonds. The summed E-state index contributed by atoms with van der Waals surface area (Å²) in [5.74, 6) is 0.202. The fraction of sp³-hybridized carbons (Fsp3) is 0.125. The molecule has 14 heavy (non-hydrogen) atoms. The minimum Gasteiger partial charge on any atom is -0.504 e. The number of aromatic nitrogens is 5. The van der Waals surface area contributed by atoms with E-state index in [2.05, 4.69) is 9.97 Å². The van der Waals surface area contributed by atoms with Gasteiger partial charge in [0.1, 0.15) is 18.6 Å². The lowest BCUT2D eigenvalue weighted by Crippen LogP contribution is -2.26. The van der Waals surface area contributed by atoms with Crippen molar-refractivity contribution in [3.8, 4) is 5.75 Å². The second-order valence-corrected chi connectivity index (χ2v) is 3.08. The molecule has 0 radical (unpaired) electrons. The first-order chi connectivity index (χ1) is 6.77. The highest BCUT2D eigenvalue weighted by Crippen LogP contribution is 2.08. The van der Waals surface area contributed by atoms with Crippen molar-refractivity contribution in [3.63, 3.8) is 0 Å². The standard InChI is InChI=1S/C8H7N5O/c1-11-7-8(10-3-2-9-7)12-4-6(14)5-13(11)12/h2-5H,1H3/p+1. The van der Waals surface area contributed by atoms with E-state index in [1.54, 1.807) is 33.9 Å². The van der Waals surface area contributed by atoms with Gasteiger partial charge in [-0.2, -0.15) is 4.68 Å². The summed E-state index contributed by atoms with van der Waals surface area (Å²) >= 11 is 0. The summed E-state index contributed by atoms with van der Waals surface area (Å²) in [6, 6.07) is 0. The van der Waals surface area contributed by atoms with Gasteiger partial charge in [0.25, 0.3) is 5.65 Å². The molecule has 0 atom stereocenters. The maximum Gasteiger partial charge on any atom is 0.346 e. The summed E-state index contributed by atoms with van der Waals surface area (Å²) in [5.41, 5.74) is 1.49. The van der Waals surface area contributed by atoms with Gasteiger partial charge in [0, 0.05) is 0 Å². The van der Waals surface area contributed by atoms with Crippen molar-refractivity contribution in [1.82, 2.24) is 19.3 Å². The van der Waals surface area contributed by atoms with Gasteiger partial charge in [0.15, 0.2) is 5.75 Å². The predicted molar refractivity (Wildman–Crippen MR) is 46.8 cm³/mol. The van der Waals surface area contributed by atoms with Gasteiger partial charge >= 0.3 is 5.65 Å². The van der Waals surface area contributed by atoms with E-state index in [4.69, 9.17) is 0 Å². The van der Waals surface area contributed by atoms with Crippen LogP contribution in [0.2, 0.25) is 0 Å². The zero-order valence-corrected chi connectivity index (χ0v) is 7.49. The predicted octanol–water partition coefficient (Wildman–Crippen LogP) is -0.488. The monoisotopic (exact) mass is 190 g/mol. The lowest BCUT2D eigenvalue weighted by Gasteiger charge is -1.85. The summed E-state index contributed by atoms with van der Waals surface area (Å²) in [6.07, 6.45) is 6.46. The zero-order valence-electron chi connectivity index (χ0n) is 7.49. The normalized spacial score (nSPS) is 11.5. The van der Waals surface area contributed by atoms with Gasteiger partial charge in [-0.05, 0) is 0 Å². The molecule has 3 rings (SSSR count). The van der Waals surface area contributed by atoms with E-state index in [9.17, 15) is 5.11 Å². The molecular formula is C8H8N5O+. The first-order valence-electron chi connectivity index (χ1n) is 4.16. The number of fused-ring (bicyclic) bond motifs is 3. The van der Waals surface area contributed by atoms with Crippen LogP contribution in [-0.4, -0.2) is 24.4 Å². The quantitative estimate of drug-likeness (QED) is 0.487. The second kappa shape index (κ2) is 2.22. The van der Waals surface area contributed by atoms with Crippen LogP contribution >= 0.6 is 0 Å². The van der Waals surface area contributed by atoms with E-state index in [0.717, 1.165) is 11.3 Å². The molecule has 0 aliphatic carbocycles. The molecule has 1 N–H and O–H groups in total. The summed E-state index contributed by atoms with van der Waals surface area (Å²) in [5, 5.41) is 9.33. The van der Waals surface area contributed by atoms with E-state index < -0.39 is 0 Å². The molecule has 3 aromatic rings. The molecule has 0 fully saturated rings.